The van der Waals surface area contributed by atoms with Gasteiger partial charge in [-0.1, -0.05) is 152 Å². The minimum Gasteiger partial charge on any atom is -0.0808 e. The van der Waals surface area contributed by atoms with Crippen LogP contribution in [0, 0.1) is 41.5 Å². The summed E-state index contributed by atoms with van der Waals surface area (Å²) in [6, 6.07) is 13.0. The number of aryl methyl sites for hydroxylation is 6. The third kappa shape index (κ3) is 26.0. The standard InChI is InChI=1S/2C9H12.2C5H6.4C2H6/c2*1-7-4-5-8(2)9(3)6-7;2*1-2-4-5-3-1;4*1-2/h2*4-6H,1-3H3;2*1-4H,5H2;4*1-2H3. The number of benzene rings is 2. The molecule has 0 amide bonds. The van der Waals surface area contributed by atoms with Gasteiger partial charge in [-0.2, -0.15) is 0 Å². The van der Waals surface area contributed by atoms with Crippen molar-refractivity contribution in [2.75, 3.05) is 0 Å². The average Bonchev–Trinajstić information content (AvgIpc) is 3.69. The van der Waals surface area contributed by atoms with E-state index in [1.165, 1.54) is 33.4 Å². The number of hydrogen-bond donors (Lipinski definition) is 0. The van der Waals surface area contributed by atoms with Crippen LogP contribution in [0.3, 0.4) is 0 Å². The van der Waals surface area contributed by atoms with E-state index in [4.69, 9.17) is 0 Å². The summed E-state index contributed by atoms with van der Waals surface area (Å²) < 4.78 is 0. The molecule has 0 nitrogen and oxygen atoms in total. The van der Waals surface area contributed by atoms with Crippen LogP contribution in [0.25, 0.3) is 0 Å². The summed E-state index contributed by atoms with van der Waals surface area (Å²) in [6.07, 6.45) is 19.0. The maximum absolute atomic E-state index is 2.20. The lowest BCUT2D eigenvalue weighted by Crippen LogP contribution is -1.79. The topological polar surface area (TPSA) is 0 Å². The van der Waals surface area contributed by atoms with Crippen molar-refractivity contribution in [2.24, 2.45) is 0 Å². The Morgan fingerprint density at radius 2 is 0.611 bits per heavy atom. The molecule has 2 aliphatic rings. The van der Waals surface area contributed by atoms with Crippen LogP contribution in [-0.4, -0.2) is 0 Å². The zero-order chi connectivity index (χ0) is 28.8. The van der Waals surface area contributed by atoms with E-state index in [0.29, 0.717) is 0 Å². The Balaban J connectivity index is -0.000000177. The van der Waals surface area contributed by atoms with Gasteiger partial charge in [-0.3, -0.25) is 0 Å². The molecule has 0 spiro atoms. The highest BCUT2D eigenvalue weighted by Crippen LogP contribution is 2.08. The molecule has 0 aromatic heterocycles. The van der Waals surface area contributed by atoms with Crippen LogP contribution in [0.5, 0.6) is 0 Å². The van der Waals surface area contributed by atoms with Crippen molar-refractivity contribution in [1.29, 1.82) is 0 Å². The second kappa shape index (κ2) is 32.4. The first kappa shape index (κ1) is 40.6. The smallest absolute Gasteiger partial charge is 0.0163 e. The molecule has 2 aromatic rings. The fourth-order valence-electron chi connectivity index (χ4n) is 2.57. The largest absolute Gasteiger partial charge is 0.0808 e. The third-order valence-electron chi connectivity index (χ3n) is 4.64. The fraction of sp³-hybridized carbons (Fsp3) is 0.444. The highest BCUT2D eigenvalue weighted by molar-refractivity contribution is 5.29. The van der Waals surface area contributed by atoms with E-state index in [9.17, 15) is 0 Å². The molecule has 0 unspecified atom stereocenters. The van der Waals surface area contributed by atoms with E-state index < -0.39 is 0 Å². The van der Waals surface area contributed by atoms with Crippen LogP contribution in [0.1, 0.15) is 102 Å². The van der Waals surface area contributed by atoms with Crippen molar-refractivity contribution in [2.45, 2.75) is 110 Å². The molecule has 0 aliphatic heterocycles. The monoisotopic (exact) mass is 492 g/mol. The SMILES string of the molecule is C1=CCC=C1.C1=CCC=C1.CC.CC.CC.CC.Cc1ccc(C)c(C)c1.Cc1ccc(C)c(C)c1. The van der Waals surface area contributed by atoms with Crippen molar-refractivity contribution < 1.29 is 0 Å². The van der Waals surface area contributed by atoms with Crippen LogP contribution in [0.4, 0.5) is 0 Å². The predicted octanol–water partition coefficient (Wildman–Crippen LogP) is 12.3. The van der Waals surface area contributed by atoms with Crippen molar-refractivity contribution in [3.63, 3.8) is 0 Å². The molecule has 36 heavy (non-hydrogen) atoms. The Morgan fingerprint density at radius 3 is 0.750 bits per heavy atom. The number of rotatable bonds is 0. The number of hydrogen-bond acceptors (Lipinski definition) is 0. The third-order valence-corrected chi connectivity index (χ3v) is 4.64. The Kier molecular flexibility index (Phi) is 36.5. The van der Waals surface area contributed by atoms with Crippen LogP contribution in [0.2, 0.25) is 0 Å². The molecule has 0 saturated carbocycles. The fourth-order valence-corrected chi connectivity index (χ4v) is 2.57. The van der Waals surface area contributed by atoms with E-state index in [-0.39, 0.29) is 0 Å². The molecule has 0 N–H and O–H groups in total. The first-order valence-electron chi connectivity index (χ1n) is 14.1. The maximum Gasteiger partial charge on any atom is -0.0163 e. The number of allylic oxidation sites excluding steroid dienone is 8. The van der Waals surface area contributed by atoms with Crippen LogP contribution >= 0.6 is 0 Å². The molecule has 0 bridgehead atoms. The normalized spacial score (nSPS) is 10.4. The summed E-state index contributed by atoms with van der Waals surface area (Å²) in [5.41, 5.74) is 8.21. The van der Waals surface area contributed by atoms with Gasteiger partial charge in [0.2, 0.25) is 0 Å². The summed E-state index contributed by atoms with van der Waals surface area (Å²) in [5.74, 6) is 0. The van der Waals surface area contributed by atoms with Gasteiger partial charge in [0.1, 0.15) is 0 Å². The Bertz CT molecular complexity index is 738. The van der Waals surface area contributed by atoms with E-state index in [2.05, 4.69) is 127 Å². The molecule has 4 rings (SSSR count). The van der Waals surface area contributed by atoms with Crippen molar-refractivity contribution >= 4 is 0 Å². The second-order valence-electron chi connectivity index (χ2n) is 7.36. The summed E-state index contributed by atoms with van der Waals surface area (Å²) in [4.78, 5) is 0. The lowest BCUT2D eigenvalue weighted by molar-refractivity contribution is 1.30. The van der Waals surface area contributed by atoms with Crippen molar-refractivity contribution in [3.05, 3.63) is 118 Å². The van der Waals surface area contributed by atoms with Gasteiger partial charge in [-0.15, -0.1) is 0 Å². The van der Waals surface area contributed by atoms with E-state index in [0.717, 1.165) is 12.8 Å². The first-order chi connectivity index (χ1) is 17.4. The van der Waals surface area contributed by atoms with E-state index in [1.54, 1.807) is 0 Å². The molecule has 0 radical (unpaired) electrons. The van der Waals surface area contributed by atoms with Gasteiger partial charge in [-0.05, 0) is 76.6 Å². The average molecular weight is 493 g/mol. The summed E-state index contributed by atoms with van der Waals surface area (Å²) in [5, 5.41) is 0. The van der Waals surface area contributed by atoms with Gasteiger partial charge in [0.05, 0.1) is 0 Å². The summed E-state index contributed by atoms with van der Waals surface area (Å²) >= 11 is 0. The van der Waals surface area contributed by atoms with E-state index in [1.807, 2.05) is 55.4 Å². The molecule has 0 heterocycles. The zero-order valence-corrected chi connectivity index (χ0v) is 26.5. The highest BCUT2D eigenvalue weighted by Gasteiger charge is 1.89. The summed E-state index contributed by atoms with van der Waals surface area (Å²) in [7, 11) is 0. The minimum atomic E-state index is 1.14. The molecular formula is C36H60. The quantitative estimate of drug-likeness (QED) is 0.343. The van der Waals surface area contributed by atoms with Gasteiger partial charge in [0, 0.05) is 0 Å². The van der Waals surface area contributed by atoms with Gasteiger partial charge in [-0.25, -0.2) is 0 Å². The Labute approximate surface area is 228 Å². The zero-order valence-electron chi connectivity index (χ0n) is 26.5. The van der Waals surface area contributed by atoms with Gasteiger partial charge in [0.25, 0.3) is 0 Å². The molecule has 2 aliphatic carbocycles. The molecule has 0 fully saturated rings. The Hall–Kier alpha value is -2.60. The van der Waals surface area contributed by atoms with Crippen LogP contribution in [-0.2, 0) is 0 Å². The van der Waals surface area contributed by atoms with Crippen LogP contribution in [0.15, 0.2) is 85.0 Å². The lowest BCUT2D eigenvalue weighted by Gasteiger charge is -1.98. The van der Waals surface area contributed by atoms with Crippen LogP contribution < -0.4 is 0 Å². The lowest BCUT2D eigenvalue weighted by atomic mass is 10.1. The van der Waals surface area contributed by atoms with Gasteiger partial charge >= 0.3 is 0 Å². The molecule has 0 heteroatoms. The van der Waals surface area contributed by atoms with Gasteiger partial charge < -0.3 is 0 Å². The molecule has 0 atom stereocenters. The van der Waals surface area contributed by atoms with Gasteiger partial charge in [0.15, 0.2) is 0 Å². The van der Waals surface area contributed by atoms with Crippen molar-refractivity contribution in [1.82, 2.24) is 0 Å². The Morgan fingerprint density at radius 1 is 0.361 bits per heavy atom. The minimum absolute atomic E-state index is 1.14. The maximum atomic E-state index is 2.20. The molecule has 0 saturated heterocycles. The molecule has 2 aromatic carbocycles. The first-order valence-corrected chi connectivity index (χ1v) is 14.1. The second-order valence-corrected chi connectivity index (χ2v) is 7.36. The molecular weight excluding hydrogens is 432 g/mol. The molecule has 204 valence electrons. The summed E-state index contributed by atoms with van der Waals surface area (Å²) in [6.45, 7) is 28.8. The van der Waals surface area contributed by atoms with Crippen molar-refractivity contribution in [3.8, 4) is 0 Å². The van der Waals surface area contributed by atoms with E-state index >= 15 is 0 Å². The highest BCUT2D eigenvalue weighted by atomic mass is 14.0. The predicted molar refractivity (Wildman–Crippen MR) is 172 cm³/mol.